The number of hydrogen-bond acceptors (Lipinski definition) is 4. The summed E-state index contributed by atoms with van der Waals surface area (Å²) in [6, 6.07) is 0. The van der Waals surface area contributed by atoms with E-state index in [1.165, 1.54) is 23.3 Å². The fourth-order valence-corrected chi connectivity index (χ4v) is 1.80. The number of carboxylic acids is 1. The fraction of sp³-hybridized carbons (Fsp3) is 0.444. The number of carbonyl (C=O) groups is 2. The van der Waals surface area contributed by atoms with Crippen LogP contribution in [0.15, 0.2) is 5.38 Å². The first-order valence-electron chi connectivity index (χ1n) is 4.36. The number of nitrogens with zero attached hydrogens (tertiary/aromatic N) is 2. The van der Waals surface area contributed by atoms with E-state index in [1.54, 1.807) is 0 Å². The van der Waals surface area contributed by atoms with Gasteiger partial charge in [-0.2, -0.15) is 0 Å². The van der Waals surface area contributed by atoms with Crippen LogP contribution in [0.4, 0.5) is 0 Å². The standard InChI is InChI=1S/C9H12N2O3S/c1-6-5-15-7(10-6)3-8(12)11(2)4-9(13)14/h5H,3-4H2,1-2H3,(H,13,14). The first-order chi connectivity index (χ1) is 6.99. The van der Waals surface area contributed by atoms with Crippen LogP contribution in [0.5, 0.6) is 0 Å². The van der Waals surface area contributed by atoms with Crippen molar-refractivity contribution in [2.45, 2.75) is 13.3 Å². The summed E-state index contributed by atoms with van der Waals surface area (Å²) in [5.41, 5.74) is 0.878. The number of aromatic nitrogens is 1. The monoisotopic (exact) mass is 228 g/mol. The lowest BCUT2D eigenvalue weighted by Crippen LogP contribution is -2.33. The number of amides is 1. The number of thiazole rings is 1. The molecular weight excluding hydrogens is 216 g/mol. The Balaban J connectivity index is 2.52. The Hall–Kier alpha value is -1.43. The first-order valence-corrected chi connectivity index (χ1v) is 5.23. The number of rotatable bonds is 4. The molecule has 1 N–H and O–H groups in total. The zero-order chi connectivity index (χ0) is 11.4. The second-order valence-corrected chi connectivity index (χ2v) is 4.15. The molecule has 0 saturated carbocycles. The van der Waals surface area contributed by atoms with Gasteiger partial charge in [0.05, 0.1) is 6.42 Å². The molecule has 0 bridgehead atoms. The maximum absolute atomic E-state index is 11.5. The number of aryl methyl sites for hydroxylation is 1. The predicted molar refractivity (Wildman–Crippen MR) is 55.8 cm³/mol. The van der Waals surface area contributed by atoms with E-state index in [0.717, 1.165) is 10.7 Å². The van der Waals surface area contributed by atoms with E-state index >= 15 is 0 Å². The van der Waals surface area contributed by atoms with Crippen molar-refractivity contribution in [3.63, 3.8) is 0 Å². The molecular formula is C9H12N2O3S. The summed E-state index contributed by atoms with van der Waals surface area (Å²) in [6.07, 6.45) is 0.169. The summed E-state index contributed by atoms with van der Waals surface area (Å²) in [6.45, 7) is 1.58. The average molecular weight is 228 g/mol. The highest BCUT2D eigenvalue weighted by Gasteiger charge is 2.13. The number of likely N-dealkylation sites (N-methyl/N-ethyl adjacent to an activating group) is 1. The van der Waals surface area contributed by atoms with Gasteiger partial charge in [0.1, 0.15) is 11.6 Å². The molecule has 0 fully saturated rings. The van der Waals surface area contributed by atoms with Crippen molar-refractivity contribution in [2.24, 2.45) is 0 Å². The molecule has 1 aromatic rings. The van der Waals surface area contributed by atoms with Gasteiger partial charge in [-0.3, -0.25) is 9.59 Å². The van der Waals surface area contributed by atoms with Gasteiger partial charge >= 0.3 is 5.97 Å². The Morgan fingerprint density at radius 2 is 2.27 bits per heavy atom. The smallest absolute Gasteiger partial charge is 0.323 e. The number of carboxylic acid groups (broad SMARTS) is 1. The van der Waals surface area contributed by atoms with Crippen LogP contribution in [0.1, 0.15) is 10.7 Å². The van der Waals surface area contributed by atoms with Crippen LogP contribution in [-0.2, 0) is 16.0 Å². The van der Waals surface area contributed by atoms with Crippen molar-refractivity contribution >= 4 is 23.2 Å². The topological polar surface area (TPSA) is 70.5 Å². The molecule has 1 rings (SSSR count). The van der Waals surface area contributed by atoms with E-state index in [-0.39, 0.29) is 18.9 Å². The van der Waals surface area contributed by atoms with E-state index < -0.39 is 5.97 Å². The van der Waals surface area contributed by atoms with Crippen molar-refractivity contribution in [3.05, 3.63) is 16.1 Å². The molecule has 0 unspecified atom stereocenters. The maximum Gasteiger partial charge on any atom is 0.323 e. The summed E-state index contributed by atoms with van der Waals surface area (Å²) < 4.78 is 0. The normalized spacial score (nSPS) is 10.0. The first kappa shape index (κ1) is 11.6. The minimum atomic E-state index is -1.01. The Labute approximate surface area is 91.4 Å². The predicted octanol–water partition coefficient (Wildman–Crippen LogP) is 0.537. The molecule has 1 amide bonds. The molecule has 0 spiro atoms. The molecule has 0 aliphatic carbocycles. The Bertz CT molecular complexity index is 375. The van der Waals surface area contributed by atoms with Crippen LogP contribution in [0, 0.1) is 6.92 Å². The quantitative estimate of drug-likeness (QED) is 0.816. The van der Waals surface area contributed by atoms with Crippen LogP contribution >= 0.6 is 11.3 Å². The second kappa shape index (κ2) is 4.88. The Morgan fingerprint density at radius 1 is 1.60 bits per heavy atom. The van der Waals surface area contributed by atoms with Gasteiger partial charge in [0, 0.05) is 18.1 Å². The molecule has 15 heavy (non-hydrogen) atoms. The minimum absolute atomic E-state index is 0.169. The molecule has 1 heterocycles. The van der Waals surface area contributed by atoms with Gasteiger partial charge in [-0.05, 0) is 6.92 Å². The summed E-state index contributed by atoms with van der Waals surface area (Å²) in [5.74, 6) is -1.24. The molecule has 0 saturated heterocycles. The van der Waals surface area contributed by atoms with Crippen molar-refractivity contribution in [3.8, 4) is 0 Å². The zero-order valence-corrected chi connectivity index (χ0v) is 9.37. The molecule has 0 aliphatic rings. The summed E-state index contributed by atoms with van der Waals surface area (Å²) in [7, 11) is 1.47. The third-order valence-electron chi connectivity index (χ3n) is 1.77. The largest absolute Gasteiger partial charge is 0.480 e. The van der Waals surface area contributed by atoms with E-state index in [0.29, 0.717) is 0 Å². The SMILES string of the molecule is Cc1csc(CC(=O)N(C)CC(=O)O)n1. The molecule has 0 radical (unpaired) electrons. The van der Waals surface area contributed by atoms with Gasteiger partial charge < -0.3 is 10.0 Å². The minimum Gasteiger partial charge on any atom is -0.480 e. The average Bonchev–Trinajstić information content (AvgIpc) is 2.50. The van der Waals surface area contributed by atoms with E-state index in [2.05, 4.69) is 4.98 Å². The van der Waals surface area contributed by atoms with Crippen molar-refractivity contribution in [1.29, 1.82) is 0 Å². The van der Waals surface area contributed by atoms with Crippen LogP contribution in [0.25, 0.3) is 0 Å². The summed E-state index contributed by atoms with van der Waals surface area (Å²) in [5, 5.41) is 11.1. The van der Waals surface area contributed by atoms with Crippen LogP contribution < -0.4 is 0 Å². The summed E-state index contributed by atoms with van der Waals surface area (Å²) >= 11 is 1.41. The molecule has 82 valence electrons. The van der Waals surface area contributed by atoms with Crippen molar-refractivity contribution in [1.82, 2.24) is 9.88 Å². The van der Waals surface area contributed by atoms with Gasteiger partial charge in [0.25, 0.3) is 0 Å². The highest BCUT2D eigenvalue weighted by atomic mass is 32.1. The maximum atomic E-state index is 11.5. The van der Waals surface area contributed by atoms with Gasteiger partial charge in [0.2, 0.25) is 5.91 Å². The highest BCUT2D eigenvalue weighted by Crippen LogP contribution is 2.10. The van der Waals surface area contributed by atoms with Gasteiger partial charge in [-0.1, -0.05) is 0 Å². The zero-order valence-electron chi connectivity index (χ0n) is 8.56. The number of carbonyl (C=O) groups excluding carboxylic acids is 1. The number of aliphatic carboxylic acids is 1. The van der Waals surface area contributed by atoms with Gasteiger partial charge in [-0.25, -0.2) is 4.98 Å². The molecule has 0 aliphatic heterocycles. The van der Waals surface area contributed by atoms with Crippen LogP contribution in [-0.4, -0.2) is 40.5 Å². The van der Waals surface area contributed by atoms with Crippen LogP contribution in [0.2, 0.25) is 0 Å². The lowest BCUT2D eigenvalue weighted by atomic mass is 10.4. The Morgan fingerprint density at radius 3 is 2.73 bits per heavy atom. The molecule has 5 nitrogen and oxygen atoms in total. The van der Waals surface area contributed by atoms with Crippen molar-refractivity contribution < 1.29 is 14.7 Å². The Kier molecular flexibility index (Phi) is 3.79. The molecule has 0 aromatic carbocycles. The fourth-order valence-electron chi connectivity index (χ4n) is 1.04. The van der Waals surface area contributed by atoms with E-state index in [1.807, 2.05) is 12.3 Å². The van der Waals surface area contributed by atoms with Crippen LogP contribution in [0.3, 0.4) is 0 Å². The molecule has 6 heteroatoms. The lowest BCUT2D eigenvalue weighted by molar-refractivity contribution is -0.143. The van der Waals surface area contributed by atoms with E-state index in [9.17, 15) is 9.59 Å². The van der Waals surface area contributed by atoms with Gasteiger partial charge in [0.15, 0.2) is 0 Å². The summed E-state index contributed by atoms with van der Waals surface area (Å²) in [4.78, 5) is 27.2. The lowest BCUT2D eigenvalue weighted by Gasteiger charge is -2.13. The van der Waals surface area contributed by atoms with Crippen molar-refractivity contribution in [2.75, 3.05) is 13.6 Å². The van der Waals surface area contributed by atoms with E-state index in [4.69, 9.17) is 5.11 Å². The molecule has 1 aromatic heterocycles. The third kappa shape index (κ3) is 3.67. The molecule has 0 atom stereocenters. The second-order valence-electron chi connectivity index (χ2n) is 3.20. The highest BCUT2D eigenvalue weighted by molar-refractivity contribution is 7.09. The van der Waals surface area contributed by atoms with Gasteiger partial charge in [-0.15, -0.1) is 11.3 Å². The number of hydrogen-bond donors (Lipinski definition) is 1. The third-order valence-corrected chi connectivity index (χ3v) is 2.73.